The highest BCUT2D eigenvalue weighted by molar-refractivity contribution is 8.07. The second-order valence-corrected chi connectivity index (χ2v) is 5.46. The first-order valence-electron chi connectivity index (χ1n) is 6.17. The van der Waals surface area contributed by atoms with Crippen LogP contribution in [0.25, 0.3) is 10.9 Å². The Kier molecular flexibility index (Phi) is 2.45. The first kappa shape index (κ1) is 10.9. The maximum Gasteiger partial charge on any atom is 0.161 e. The van der Waals surface area contributed by atoms with Gasteiger partial charge in [0.05, 0.1) is 17.9 Å². The van der Waals surface area contributed by atoms with Gasteiger partial charge in [0, 0.05) is 23.8 Å². The summed E-state index contributed by atoms with van der Waals surface area (Å²) < 4.78 is 4.13. The molecular weight excluding hydrogens is 256 g/mol. The SMILES string of the molecule is c1cnc2c(Cn3ccc(N4CS4)n3)cccc2c1. The van der Waals surface area contributed by atoms with E-state index in [0.29, 0.717) is 0 Å². The van der Waals surface area contributed by atoms with Crippen molar-refractivity contribution in [1.29, 1.82) is 0 Å². The molecule has 0 amide bonds. The van der Waals surface area contributed by atoms with Gasteiger partial charge in [-0.1, -0.05) is 24.3 Å². The average molecular weight is 268 g/mol. The molecule has 0 unspecified atom stereocenters. The van der Waals surface area contributed by atoms with Gasteiger partial charge >= 0.3 is 0 Å². The van der Waals surface area contributed by atoms with E-state index in [2.05, 4.69) is 44.7 Å². The van der Waals surface area contributed by atoms with Crippen LogP contribution in [-0.2, 0) is 6.54 Å². The Bertz CT molecular complexity index is 728. The predicted octanol–water partition coefficient (Wildman–Crippen LogP) is 2.91. The third-order valence-electron chi connectivity index (χ3n) is 3.19. The molecular formula is C14H12N4S. The lowest BCUT2D eigenvalue weighted by atomic mass is 10.1. The van der Waals surface area contributed by atoms with Crippen molar-refractivity contribution in [3.05, 3.63) is 54.4 Å². The Morgan fingerprint density at radius 2 is 2.05 bits per heavy atom. The topological polar surface area (TPSA) is 33.7 Å². The second kappa shape index (κ2) is 4.28. The monoisotopic (exact) mass is 268 g/mol. The molecule has 1 aliphatic rings. The first-order chi connectivity index (χ1) is 9.40. The lowest BCUT2D eigenvalue weighted by Gasteiger charge is -2.05. The number of nitrogens with zero attached hydrogens (tertiary/aromatic N) is 4. The molecule has 94 valence electrons. The van der Waals surface area contributed by atoms with Crippen LogP contribution >= 0.6 is 11.9 Å². The summed E-state index contributed by atoms with van der Waals surface area (Å²) in [6.45, 7) is 0.757. The van der Waals surface area contributed by atoms with Gasteiger partial charge in [0.15, 0.2) is 5.82 Å². The summed E-state index contributed by atoms with van der Waals surface area (Å²) in [6.07, 6.45) is 3.86. The molecule has 1 fully saturated rings. The molecule has 3 heterocycles. The lowest BCUT2D eigenvalue weighted by molar-refractivity contribution is 0.691. The maximum absolute atomic E-state index is 4.57. The standard InChI is InChI=1S/C14H12N4S/c1-3-11-5-2-7-15-14(11)12(4-1)9-17-8-6-13(16-17)18-10-19-18/h1-8H,9-10H2. The van der Waals surface area contributed by atoms with E-state index in [1.54, 1.807) is 11.9 Å². The molecule has 19 heavy (non-hydrogen) atoms. The molecule has 0 N–H and O–H groups in total. The Labute approximate surface area is 115 Å². The van der Waals surface area contributed by atoms with Gasteiger partial charge in [0.2, 0.25) is 0 Å². The Morgan fingerprint density at radius 1 is 1.16 bits per heavy atom. The van der Waals surface area contributed by atoms with Gasteiger partial charge in [-0.25, -0.2) is 0 Å². The smallest absolute Gasteiger partial charge is 0.161 e. The van der Waals surface area contributed by atoms with Crippen molar-refractivity contribution >= 4 is 28.7 Å². The Hall–Kier alpha value is -2.01. The Balaban J connectivity index is 1.69. The van der Waals surface area contributed by atoms with Gasteiger partial charge < -0.3 is 0 Å². The number of anilines is 1. The normalized spacial score (nSPS) is 14.0. The van der Waals surface area contributed by atoms with Gasteiger partial charge in [0.25, 0.3) is 0 Å². The summed E-state index contributed by atoms with van der Waals surface area (Å²) in [7, 11) is 0. The number of fused-ring (bicyclic) bond motifs is 1. The minimum atomic E-state index is 0.757. The van der Waals surface area contributed by atoms with Crippen molar-refractivity contribution in [1.82, 2.24) is 14.8 Å². The highest BCUT2D eigenvalue weighted by atomic mass is 32.2. The van der Waals surface area contributed by atoms with Crippen LogP contribution in [0, 0.1) is 0 Å². The van der Waals surface area contributed by atoms with E-state index < -0.39 is 0 Å². The number of aromatic nitrogens is 3. The van der Waals surface area contributed by atoms with E-state index >= 15 is 0 Å². The zero-order valence-corrected chi connectivity index (χ0v) is 11.0. The van der Waals surface area contributed by atoms with Crippen LogP contribution in [0.4, 0.5) is 5.82 Å². The van der Waals surface area contributed by atoms with Crippen LogP contribution in [-0.4, -0.2) is 20.6 Å². The van der Waals surface area contributed by atoms with Crippen molar-refractivity contribution in [2.24, 2.45) is 0 Å². The first-order valence-corrected chi connectivity index (χ1v) is 7.11. The van der Waals surface area contributed by atoms with Gasteiger partial charge in [-0.3, -0.25) is 14.0 Å². The van der Waals surface area contributed by atoms with E-state index in [1.165, 1.54) is 10.9 Å². The molecule has 0 aliphatic carbocycles. The van der Waals surface area contributed by atoms with Crippen molar-refractivity contribution in [3.8, 4) is 0 Å². The Morgan fingerprint density at radius 3 is 2.95 bits per heavy atom. The molecule has 1 saturated heterocycles. The van der Waals surface area contributed by atoms with E-state index in [4.69, 9.17) is 0 Å². The molecule has 0 atom stereocenters. The van der Waals surface area contributed by atoms with Crippen LogP contribution in [0.1, 0.15) is 5.56 Å². The fourth-order valence-corrected chi connectivity index (χ4v) is 2.62. The summed E-state index contributed by atoms with van der Waals surface area (Å²) in [6, 6.07) is 12.4. The van der Waals surface area contributed by atoms with Crippen LogP contribution in [0.3, 0.4) is 0 Å². The van der Waals surface area contributed by atoms with Crippen LogP contribution in [0.15, 0.2) is 48.8 Å². The molecule has 2 aromatic heterocycles. The minimum Gasteiger partial charge on any atom is -0.286 e. The highest BCUT2D eigenvalue weighted by Crippen LogP contribution is 2.33. The molecule has 1 aromatic carbocycles. The number of hydrogen-bond donors (Lipinski definition) is 0. The quantitative estimate of drug-likeness (QED) is 0.540. The summed E-state index contributed by atoms with van der Waals surface area (Å²) >= 11 is 1.79. The number of benzene rings is 1. The highest BCUT2D eigenvalue weighted by Gasteiger charge is 2.22. The molecule has 3 aromatic rings. The second-order valence-electron chi connectivity index (χ2n) is 4.50. The van der Waals surface area contributed by atoms with Gasteiger partial charge in [-0.15, -0.1) is 0 Å². The number of para-hydroxylation sites is 1. The predicted molar refractivity (Wildman–Crippen MR) is 78.0 cm³/mol. The van der Waals surface area contributed by atoms with E-state index in [9.17, 15) is 0 Å². The zero-order chi connectivity index (χ0) is 12.7. The van der Waals surface area contributed by atoms with Crippen LogP contribution in [0.2, 0.25) is 0 Å². The lowest BCUT2D eigenvalue weighted by Crippen LogP contribution is -2.02. The van der Waals surface area contributed by atoms with Gasteiger partial charge in [-0.2, -0.15) is 5.10 Å². The third-order valence-corrected chi connectivity index (χ3v) is 3.89. The zero-order valence-electron chi connectivity index (χ0n) is 10.2. The summed E-state index contributed by atoms with van der Waals surface area (Å²) in [5.41, 5.74) is 2.26. The van der Waals surface area contributed by atoms with Crippen LogP contribution in [0.5, 0.6) is 0 Å². The molecule has 0 saturated carbocycles. The molecule has 4 nitrogen and oxygen atoms in total. The van der Waals surface area contributed by atoms with Crippen molar-refractivity contribution in [3.63, 3.8) is 0 Å². The molecule has 5 heteroatoms. The number of hydrogen-bond acceptors (Lipinski definition) is 4. The maximum atomic E-state index is 4.57. The third kappa shape index (κ3) is 2.06. The van der Waals surface area contributed by atoms with Crippen molar-refractivity contribution < 1.29 is 0 Å². The molecule has 1 aliphatic heterocycles. The van der Waals surface area contributed by atoms with E-state index in [-0.39, 0.29) is 0 Å². The molecule has 0 bridgehead atoms. The van der Waals surface area contributed by atoms with Crippen LogP contribution < -0.4 is 4.31 Å². The molecule has 0 spiro atoms. The largest absolute Gasteiger partial charge is 0.286 e. The fourth-order valence-electron chi connectivity index (χ4n) is 2.20. The number of rotatable bonds is 3. The average Bonchev–Trinajstić information content (AvgIpc) is 3.20. The van der Waals surface area contributed by atoms with Crippen molar-refractivity contribution in [2.75, 3.05) is 10.2 Å². The minimum absolute atomic E-state index is 0.757. The van der Waals surface area contributed by atoms with E-state index in [0.717, 1.165) is 23.8 Å². The fraction of sp³-hybridized carbons (Fsp3) is 0.143. The van der Waals surface area contributed by atoms with Gasteiger partial charge in [-0.05, 0) is 23.6 Å². The molecule has 0 radical (unpaired) electrons. The summed E-state index contributed by atoms with van der Waals surface area (Å²) in [4.78, 5) is 4.48. The number of pyridine rings is 1. The van der Waals surface area contributed by atoms with Gasteiger partial charge in [0.1, 0.15) is 0 Å². The van der Waals surface area contributed by atoms with Crippen molar-refractivity contribution in [2.45, 2.75) is 6.54 Å². The summed E-state index contributed by atoms with van der Waals surface area (Å²) in [5, 5.41) is 5.74. The molecule has 4 rings (SSSR count). The summed E-state index contributed by atoms with van der Waals surface area (Å²) in [5.74, 6) is 2.09. The van der Waals surface area contributed by atoms with E-state index in [1.807, 2.05) is 23.1 Å².